The van der Waals surface area contributed by atoms with E-state index in [1.807, 2.05) is 0 Å². The van der Waals surface area contributed by atoms with Crippen LogP contribution in [0.3, 0.4) is 0 Å². The van der Waals surface area contributed by atoms with Crippen LogP contribution in [0.15, 0.2) is 27.4 Å². The number of carbonyl (C=O) groups is 1. The van der Waals surface area contributed by atoms with E-state index in [-0.39, 0.29) is 22.8 Å². The van der Waals surface area contributed by atoms with Crippen LogP contribution in [0.1, 0.15) is 42.7 Å². The smallest absolute Gasteiger partial charge is 0.287 e. The molecule has 0 radical (unpaired) electrons. The number of phenols is 1. The second kappa shape index (κ2) is 5.79. The third-order valence-electron chi connectivity index (χ3n) is 3.94. The van der Waals surface area contributed by atoms with Gasteiger partial charge in [0.05, 0.1) is 5.39 Å². The summed E-state index contributed by atoms with van der Waals surface area (Å²) in [4.78, 5) is 24.2. The number of rotatable bonds is 2. The molecular formula is C16H16FNO4. The minimum Gasteiger partial charge on any atom is -0.504 e. The first kappa shape index (κ1) is 14.6. The summed E-state index contributed by atoms with van der Waals surface area (Å²) in [6, 6.07) is 2.92. The Bertz CT molecular complexity index is 778. The molecule has 2 N–H and O–H groups in total. The Morgan fingerprint density at radius 3 is 2.68 bits per heavy atom. The number of nitrogens with one attached hydrogen (secondary N) is 1. The van der Waals surface area contributed by atoms with Gasteiger partial charge in [-0.2, -0.15) is 0 Å². The lowest BCUT2D eigenvalue weighted by molar-refractivity contribution is 0.0900. The third kappa shape index (κ3) is 2.81. The largest absolute Gasteiger partial charge is 0.504 e. The van der Waals surface area contributed by atoms with Crippen LogP contribution in [0.2, 0.25) is 0 Å². The van der Waals surface area contributed by atoms with Gasteiger partial charge >= 0.3 is 0 Å². The van der Waals surface area contributed by atoms with Crippen LogP contribution in [0, 0.1) is 5.82 Å². The van der Waals surface area contributed by atoms with E-state index < -0.39 is 22.9 Å². The molecule has 1 fully saturated rings. The average molecular weight is 305 g/mol. The van der Waals surface area contributed by atoms with Crippen molar-refractivity contribution in [1.29, 1.82) is 0 Å². The molecule has 6 heteroatoms. The van der Waals surface area contributed by atoms with Gasteiger partial charge in [-0.25, -0.2) is 4.39 Å². The van der Waals surface area contributed by atoms with Gasteiger partial charge in [-0.05, 0) is 18.9 Å². The van der Waals surface area contributed by atoms with E-state index >= 15 is 0 Å². The van der Waals surface area contributed by atoms with Gasteiger partial charge in [0, 0.05) is 18.2 Å². The molecular weight excluding hydrogens is 289 g/mol. The van der Waals surface area contributed by atoms with Gasteiger partial charge in [-0.15, -0.1) is 0 Å². The second-order valence-corrected chi connectivity index (χ2v) is 5.58. The summed E-state index contributed by atoms with van der Waals surface area (Å²) in [6.07, 6.45) is 5.09. The number of carbonyl (C=O) groups excluding carboxylic acids is 1. The molecule has 1 saturated carbocycles. The number of benzene rings is 1. The zero-order chi connectivity index (χ0) is 15.7. The molecule has 0 saturated heterocycles. The van der Waals surface area contributed by atoms with Crippen molar-refractivity contribution >= 4 is 16.9 Å². The van der Waals surface area contributed by atoms with Crippen LogP contribution in [-0.4, -0.2) is 17.1 Å². The number of hydrogen-bond acceptors (Lipinski definition) is 4. The number of halogens is 1. The van der Waals surface area contributed by atoms with Crippen molar-refractivity contribution in [2.45, 2.75) is 38.1 Å². The fourth-order valence-electron chi connectivity index (χ4n) is 2.82. The summed E-state index contributed by atoms with van der Waals surface area (Å²) in [5.41, 5.74) is -0.743. The summed E-state index contributed by atoms with van der Waals surface area (Å²) in [7, 11) is 0. The number of fused-ring (bicyclic) bond motifs is 1. The molecule has 1 aromatic carbocycles. The predicted molar refractivity (Wildman–Crippen MR) is 78.4 cm³/mol. The Labute approximate surface area is 125 Å². The molecule has 0 aliphatic heterocycles. The fraction of sp³-hybridized carbons (Fsp3) is 0.375. The topological polar surface area (TPSA) is 79.5 Å². The Hall–Kier alpha value is -2.37. The van der Waals surface area contributed by atoms with Gasteiger partial charge in [0.1, 0.15) is 5.82 Å². The first-order chi connectivity index (χ1) is 10.5. The lowest BCUT2D eigenvalue weighted by atomic mass is 9.95. The normalized spacial score (nSPS) is 15.9. The number of aromatic hydroxyl groups is 1. The van der Waals surface area contributed by atoms with E-state index in [1.165, 1.54) is 0 Å². The van der Waals surface area contributed by atoms with E-state index in [0.29, 0.717) is 0 Å². The summed E-state index contributed by atoms with van der Waals surface area (Å²) < 4.78 is 18.5. The van der Waals surface area contributed by atoms with E-state index in [0.717, 1.165) is 50.3 Å². The maximum atomic E-state index is 13.2. The number of hydrogen-bond donors (Lipinski definition) is 2. The van der Waals surface area contributed by atoms with Gasteiger partial charge in [0.2, 0.25) is 0 Å². The van der Waals surface area contributed by atoms with Gasteiger partial charge in [-0.1, -0.05) is 19.3 Å². The molecule has 0 spiro atoms. The van der Waals surface area contributed by atoms with Crippen molar-refractivity contribution in [3.8, 4) is 5.75 Å². The molecule has 116 valence electrons. The highest BCUT2D eigenvalue weighted by Crippen LogP contribution is 2.25. The van der Waals surface area contributed by atoms with Crippen LogP contribution in [0.25, 0.3) is 11.0 Å². The molecule has 22 heavy (non-hydrogen) atoms. The molecule has 0 unspecified atom stereocenters. The molecule has 0 bridgehead atoms. The molecule has 1 aliphatic carbocycles. The van der Waals surface area contributed by atoms with Crippen molar-refractivity contribution in [1.82, 2.24) is 5.32 Å². The average Bonchev–Trinajstić information content (AvgIpc) is 2.49. The summed E-state index contributed by atoms with van der Waals surface area (Å²) in [5.74, 6) is -1.91. The first-order valence-electron chi connectivity index (χ1n) is 7.32. The van der Waals surface area contributed by atoms with Crippen molar-refractivity contribution in [3.05, 3.63) is 40.0 Å². The van der Waals surface area contributed by atoms with Crippen LogP contribution in [0.4, 0.5) is 4.39 Å². The molecule has 1 aromatic heterocycles. The zero-order valence-electron chi connectivity index (χ0n) is 11.9. The monoisotopic (exact) mass is 305 g/mol. The van der Waals surface area contributed by atoms with E-state index in [9.17, 15) is 19.1 Å². The van der Waals surface area contributed by atoms with Crippen LogP contribution >= 0.6 is 0 Å². The van der Waals surface area contributed by atoms with Crippen molar-refractivity contribution in [2.75, 3.05) is 0 Å². The highest BCUT2D eigenvalue weighted by molar-refractivity contribution is 5.94. The number of amides is 1. The maximum absolute atomic E-state index is 13.2. The molecule has 0 atom stereocenters. The molecule has 1 aliphatic rings. The molecule has 3 rings (SSSR count). The third-order valence-corrected chi connectivity index (χ3v) is 3.94. The fourth-order valence-corrected chi connectivity index (χ4v) is 2.82. The van der Waals surface area contributed by atoms with Crippen molar-refractivity contribution in [3.63, 3.8) is 0 Å². The standard InChI is InChI=1S/C16H16FNO4/c17-9-6-11-12(19)8-14(22-15(11)13(20)7-9)16(21)18-10-4-2-1-3-5-10/h6-8,10,20H,1-5H2,(H,18,21). The second-order valence-electron chi connectivity index (χ2n) is 5.58. The van der Waals surface area contributed by atoms with Gasteiger partial charge in [-0.3, -0.25) is 9.59 Å². The Morgan fingerprint density at radius 1 is 1.23 bits per heavy atom. The van der Waals surface area contributed by atoms with E-state index in [1.54, 1.807) is 0 Å². The summed E-state index contributed by atoms with van der Waals surface area (Å²) in [6.45, 7) is 0. The molecule has 1 heterocycles. The first-order valence-corrected chi connectivity index (χ1v) is 7.32. The molecule has 5 nitrogen and oxygen atoms in total. The Morgan fingerprint density at radius 2 is 1.95 bits per heavy atom. The summed E-state index contributed by atoms with van der Waals surface area (Å²) >= 11 is 0. The summed E-state index contributed by atoms with van der Waals surface area (Å²) in [5, 5.41) is 12.4. The van der Waals surface area contributed by atoms with Crippen LogP contribution < -0.4 is 10.7 Å². The lowest BCUT2D eigenvalue weighted by Crippen LogP contribution is -2.36. The van der Waals surface area contributed by atoms with E-state index in [4.69, 9.17) is 4.42 Å². The number of phenolic OH excluding ortho intramolecular Hbond substituents is 1. The van der Waals surface area contributed by atoms with Crippen molar-refractivity contribution in [2.24, 2.45) is 0 Å². The lowest BCUT2D eigenvalue weighted by Gasteiger charge is -2.22. The molecule has 2 aromatic rings. The Kier molecular flexibility index (Phi) is 3.83. The van der Waals surface area contributed by atoms with Gasteiger partial charge in [0.15, 0.2) is 22.5 Å². The Balaban J connectivity index is 1.94. The highest BCUT2D eigenvalue weighted by Gasteiger charge is 2.20. The maximum Gasteiger partial charge on any atom is 0.287 e. The van der Waals surface area contributed by atoms with Gasteiger partial charge < -0.3 is 14.8 Å². The zero-order valence-corrected chi connectivity index (χ0v) is 11.9. The minimum absolute atomic E-state index is 0.0732. The highest BCUT2D eigenvalue weighted by atomic mass is 19.1. The van der Waals surface area contributed by atoms with Crippen molar-refractivity contribution < 1.29 is 18.7 Å². The van der Waals surface area contributed by atoms with Crippen LogP contribution in [-0.2, 0) is 0 Å². The van der Waals surface area contributed by atoms with Gasteiger partial charge in [0.25, 0.3) is 5.91 Å². The van der Waals surface area contributed by atoms with E-state index in [2.05, 4.69) is 5.32 Å². The quantitative estimate of drug-likeness (QED) is 0.894. The minimum atomic E-state index is -0.739. The SMILES string of the molecule is O=C(NC1CCCCC1)c1cc(=O)c2cc(F)cc(O)c2o1. The predicted octanol–water partition coefficient (Wildman–Crippen LogP) is 2.70. The van der Waals surface area contributed by atoms with Crippen LogP contribution in [0.5, 0.6) is 5.75 Å². The molecule has 1 amide bonds.